The van der Waals surface area contributed by atoms with Crippen LogP contribution in [0.4, 0.5) is 0 Å². The van der Waals surface area contributed by atoms with Crippen LogP contribution in [0.3, 0.4) is 0 Å². The second kappa shape index (κ2) is 7.44. The van der Waals surface area contributed by atoms with Crippen molar-refractivity contribution in [1.82, 2.24) is 4.90 Å². The Morgan fingerprint density at radius 1 is 1.40 bits per heavy atom. The molecule has 0 saturated carbocycles. The molecule has 110 valence electrons. The maximum Gasteiger partial charge on any atom is 0.239 e. The SMILES string of the molecule is CCCC(N)C(=O)N1CCCC1CCc1ccccc1. The molecule has 0 bridgehead atoms. The molecule has 1 saturated heterocycles. The number of aryl methyl sites for hydroxylation is 1. The van der Waals surface area contributed by atoms with Crippen LogP contribution >= 0.6 is 0 Å². The monoisotopic (exact) mass is 274 g/mol. The zero-order valence-corrected chi connectivity index (χ0v) is 12.4. The van der Waals surface area contributed by atoms with Crippen molar-refractivity contribution >= 4 is 5.91 Å². The van der Waals surface area contributed by atoms with Crippen molar-refractivity contribution in [3.63, 3.8) is 0 Å². The maximum absolute atomic E-state index is 12.4. The third-order valence-corrected chi connectivity index (χ3v) is 4.19. The number of benzene rings is 1. The summed E-state index contributed by atoms with van der Waals surface area (Å²) in [6.07, 6.45) is 6.09. The Bertz CT molecular complexity index is 418. The highest BCUT2D eigenvalue weighted by molar-refractivity contribution is 5.82. The van der Waals surface area contributed by atoms with E-state index < -0.39 is 0 Å². The van der Waals surface area contributed by atoms with E-state index in [1.807, 2.05) is 11.0 Å². The van der Waals surface area contributed by atoms with Crippen LogP contribution in [0, 0.1) is 0 Å². The molecule has 3 nitrogen and oxygen atoms in total. The van der Waals surface area contributed by atoms with Gasteiger partial charge >= 0.3 is 0 Å². The van der Waals surface area contributed by atoms with Crippen LogP contribution in [0.2, 0.25) is 0 Å². The molecule has 2 unspecified atom stereocenters. The van der Waals surface area contributed by atoms with Crippen LogP contribution in [-0.2, 0) is 11.2 Å². The number of carbonyl (C=O) groups excluding carboxylic acids is 1. The van der Waals surface area contributed by atoms with Gasteiger partial charge in [0, 0.05) is 12.6 Å². The first-order valence-corrected chi connectivity index (χ1v) is 7.82. The number of nitrogens with zero attached hydrogens (tertiary/aromatic N) is 1. The number of nitrogens with two attached hydrogens (primary N) is 1. The zero-order chi connectivity index (χ0) is 14.4. The molecule has 20 heavy (non-hydrogen) atoms. The Morgan fingerprint density at radius 2 is 2.15 bits per heavy atom. The summed E-state index contributed by atoms with van der Waals surface area (Å²) < 4.78 is 0. The van der Waals surface area contributed by atoms with E-state index in [2.05, 4.69) is 31.2 Å². The number of hydrogen-bond donors (Lipinski definition) is 1. The minimum atomic E-state index is -0.308. The summed E-state index contributed by atoms with van der Waals surface area (Å²) in [5.74, 6) is 0.155. The number of likely N-dealkylation sites (tertiary alicyclic amines) is 1. The molecular weight excluding hydrogens is 248 g/mol. The predicted octanol–water partition coefficient (Wildman–Crippen LogP) is 2.74. The van der Waals surface area contributed by atoms with E-state index >= 15 is 0 Å². The Morgan fingerprint density at radius 3 is 2.85 bits per heavy atom. The molecule has 1 fully saturated rings. The normalized spacial score (nSPS) is 20.1. The van der Waals surface area contributed by atoms with Gasteiger partial charge < -0.3 is 10.6 Å². The summed E-state index contributed by atoms with van der Waals surface area (Å²) in [4.78, 5) is 14.4. The Hall–Kier alpha value is -1.35. The maximum atomic E-state index is 12.4. The van der Waals surface area contributed by atoms with Crippen molar-refractivity contribution in [1.29, 1.82) is 0 Å². The lowest BCUT2D eigenvalue weighted by molar-refractivity contribution is -0.133. The van der Waals surface area contributed by atoms with Gasteiger partial charge in [0.25, 0.3) is 0 Å². The van der Waals surface area contributed by atoms with E-state index in [-0.39, 0.29) is 11.9 Å². The van der Waals surface area contributed by atoms with Crippen LogP contribution in [-0.4, -0.2) is 29.4 Å². The molecule has 0 spiro atoms. The Labute approximate surface area is 122 Å². The molecule has 2 atom stereocenters. The highest BCUT2D eigenvalue weighted by atomic mass is 16.2. The van der Waals surface area contributed by atoms with Crippen LogP contribution in [0.15, 0.2) is 30.3 Å². The minimum absolute atomic E-state index is 0.155. The topological polar surface area (TPSA) is 46.3 Å². The first kappa shape index (κ1) is 15.0. The average molecular weight is 274 g/mol. The molecule has 1 aliphatic rings. The first-order valence-electron chi connectivity index (χ1n) is 7.82. The van der Waals surface area contributed by atoms with Crippen LogP contribution in [0.5, 0.6) is 0 Å². The van der Waals surface area contributed by atoms with Crippen LogP contribution < -0.4 is 5.73 Å². The van der Waals surface area contributed by atoms with Gasteiger partial charge in [-0.05, 0) is 37.7 Å². The predicted molar refractivity (Wildman–Crippen MR) is 82.4 cm³/mol. The molecule has 1 aromatic carbocycles. The molecule has 0 aromatic heterocycles. The van der Waals surface area contributed by atoms with Gasteiger partial charge in [-0.1, -0.05) is 43.7 Å². The third-order valence-electron chi connectivity index (χ3n) is 4.19. The van der Waals surface area contributed by atoms with E-state index in [4.69, 9.17) is 5.73 Å². The zero-order valence-electron chi connectivity index (χ0n) is 12.4. The standard InChI is InChI=1S/C17H26N2O/c1-2-7-16(18)17(20)19-13-6-10-15(19)12-11-14-8-4-3-5-9-14/h3-5,8-9,15-16H,2,6-7,10-13,18H2,1H3. The van der Waals surface area contributed by atoms with E-state index in [1.165, 1.54) is 5.56 Å². The van der Waals surface area contributed by atoms with Crippen molar-refractivity contribution in [2.45, 2.75) is 57.5 Å². The number of rotatable bonds is 6. The summed E-state index contributed by atoms with van der Waals surface area (Å²) >= 11 is 0. The van der Waals surface area contributed by atoms with Crippen molar-refractivity contribution in [2.75, 3.05) is 6.54 Å². The van der Waals surface area contributed by atoms with Crippen molar-refractivity contribution in [3.8, 4) is 0 Å². The Kier molecular flexibility index (Phi) is 5.60. The van der Waals surface area contributed by atoms with Gasteiger partial charge in [-0.3, -0.25) is 4.79 Å². The fourth-order valence-electron chi connectivity index (χ4n) is 3.05. The van der Waals surface area contributed by atoms with Gasteiger partial charge in [-0.2, -0.15) is 0 Å². The third kappa shape index (κ3) is 3.83. The van der Waals surface area contributed by atoms with Gasteiger partial charge in [0.15, 0.2) is 0 Å². The molecule has 1 heterocycles. The molecule has 3 heteroatoms. The first-order chi connectivity index (χ1) is 9.72. The van der Waals surface area contributed by atoms with E-state index in [1.54, 1.807) is 0 Å². The van der Waals surface area contributed by atoms with Crippen LogP contribution in [0.25, 0.3) is 0 Å². The van der Waals surface area contributed by atoms with Gasteiger partial charge in [0.05, 0.1) is 6.04 Å². The molecule has 0 radical (unpaired) electrons. The number of hydrogen-bond acceptors (Lipinski definition) is 2. The summed E-state index contributed by atoms with van der Waals surface area (Å²) in [6, 6.07) is 10.6. The van der Waals surface area contributed by atoms with Gasteiger partial charge in [-0.25, -0.2) is 0 Å². The Balaban J connectivity index is 1.89. The van der Waals surface area contributed by atoms with E-state index in [0.29, 0.717) is 6.04 Å². The fourth-order valence-corrected chi connectivity index (χ4v) is 3.05. The largest absolute Gasteiger partial charge is 0.338 e. The highest BCUT2D eigenvalue weighted by Crippen LogP contribution is 2.23. The van der Waals surface area contributed by atoms with Crippen molar-refractivity contribution in [3.05, 3.63) is 35.9 Å². The molecular formula is C17H26N2O. The van der Waals surface area contributed by atoms with Gasteiger partial charge in [-0.15, -0.1) is 0 Å². The van der Waals surface area contributed by atoms with E-state index in [0.717, 1.165) is 45.1 Å². The molecule has 2 N–H and O–H groups in total. The number of amides is 1. The second-order valence-electron chi connectivity index (χ2n) is 5.75. The minimum Gasteiger partial charge on any atom is -0.338 e. The number of carbonyl (C=O) groups is 1. The smallest absolute Gasteiger partial charge is 0.239 e. The molecule has 1 amide bonds. The quantitative estimate of drug-likeness (QED) is 0.867. The summed E-state index contributed by atoms with van der Waals surface area (Å²) in [6.45, 7) is 2.96. The fraction of sp³-hybridized carbons (Fsp3) is 0.588. The van der Waals surface area contributed by atoms with Crippen molar-refractivity contribution < 1.29 is 4.79 Å². The molecule has 1 aliphatic heterocycles. The summed E-state index contributed by atoms with van der Waals surface area (Å²) in [7, 11) is 0. The molecule has 2 rings (SSSR count). The van der Waals surface area contributed by atoms with Crippen molar-refractivity contribution in [2.24, 2.45) is 5.73 Å². The highest BCUT2D eigenvalue weighted by Gasteiger charge is 2.30. The summed E-state index contributed by atoms with van der Waals surface area (Å²) in [5, 5.41) is 0. The van der Waals surface area contributed by atoms with Crippen LogP contribution in [0.1, 0.15) is 44.6 Å². The lowest BCUT2D eigenvalue weighted by atomic mass is 10.0. The second-order valence-corrected chi connectivity index (χ2v) is 5.75. The molecule has 1 aromatic rings. The lowest BCUT2D eigenvalue weighted by Gasteiger charge is -2.27. The summed E-state index contributed by atoms with van der Waals surface area (Å²) in [5.41, 5.74) is 7.34. The lowest BCUT2D eigenvalue weighted by Crippen LogP contribution is -2.46. The average Bonchev–Trinajstić information content (AvgIpc) is 2.94. The van der Waals surface area contributed by atoms with Gasteiger partial charge in [0.1, 0.15) is 0 Å². The van der Waals surface area contributed by atoms with E-state index in [9.17, 15) is 4.79 Å². The molecule has 0 aliphatic carbocycles. The van der Waals surface area contributed by atoms with Gasteiger partial charge in [0.2, 0.25) is 5.91 Å².